The third-order valence-electron chi connectivity index (χ3n) is 4.00. The second-order valence-corrected chi connectivity index (χ2v) is 6.36. The fraction of sp³-hybridized carbons (Fsp3) is 0.190. The minimum Gasteiger partial charge on any atom is -0.493 e. The van der Waals surface area contributed by atoms with Crippen LogP contribution >= 0.6 is 11.6 Å². The SMILES string of the molecule is CCC(=O)Oc1c(OC)cc(/C=C2\N=C(c3ccc(Cl)cc3)OC2=O)cc1OC. The van der Waals surface area contributed by atoms with Gasteiger partial charge < -0.3 is 18.9 Å². The molecule has 2 aromatic carbocycles. The zero-order valence-corrected chi connectivity index (χ0v) is 16.8. The second kappa shape index (κ2) is 8.79. The van der Waals surface area contributed by atoms with Gasteiger partial charge in [0.05, 0.1) is 14.2 Å². The van der Waals surface area contributed by atoms with Crippen LogP contribution in [0.5, 0.6) is 17.2 Å². The van der Waals surface area contributed by atoms with E-state index in [1.54, 1.807) is 43.3 Å². The number of carbonyl (C=O) groups is 2. The predicted molar refractivity (Wildman–Crippen MR) is 108 cm³/mol. The van der Waals surface area contributed by atoms with Crippen molar-refractivity contribution < 1.29 is 28.5 Å². The fourth-order valence-corrected chi connectivity index (χ4v) is 2.68. The standard InChI is InChI=1S/C21H18ClNO6/c1-4-18(24)28-19-16(26-2)10-12(11-17(19)27-3)9-15-21(25)29-20(23-15)13-5-7-14(22)8-6-13/h5-11H,4H2,1-3H3/b15-9-. The Bertz CT molecular complexity index is 985. The Kier molecular flexibility index (Phi) is 6.19. The van der Waals surface area contributed by atoms with Crippen molar-refractivity contribution >= 4 is 35.5 Å². The van der Waals surface area contributed by atoms with Gasteiger partial charge in [-0.2, -0.15) is 0 Å². The van der Waals surface area contributed by atoms with Crippen LogP contribution in [-0.4, -0.2) is 32.1 Å². The first kappa shape index (κ1) is 20.4. The van der Waals surface area contributed by atoms with Gasteiger partial charge in [0, 0.05) is 17.0 Å². The number of benzene rings is 2. The minimum atomic E-state index is -0.589. The molecular formula is C21H18ClNO6. The Morgan fingerprint density at radius 3 is 2.31 bits per heavy atom. The van der Waals surface area contributed by atoms with Crippen molar-refractivity contribution in [3.8, 4) is 17.2 Å². The smallest absolute Gasteiger partial charge is 0.363 e. The topological polar surface area (TPSA) is 83.4 Å². The monoisotopic (exact) mass is 415 g/mol. The highest BCUT2D eigenvalue weighted by atomic mass is 35.5. The maximum absolute atomic E-state index is 12.2. The van der Waals surface area contributed by atoms with Crippen LogP contribution in [0, 0.1) is 0 Å². The zero-order valence-electron chi connectivity index (χ0n) is 16.0. The van der Waals surface area contributed by atoms with Gasteiger partial charge in [-0.1, -0.05) is 18.5 Å². The zero-order chi connectivity index (χ0) is 21.0. The highest BCUT2D eigenvalue weighted by Crippen LogP contribution is 2.39. The van der Waals surface area contributed by atoms with E-state index in [1.165, 1.54) is 20.3 Å². The molecule has 1 aliphatic heterocycles. The molecule has 1 heterocycles. The molecule has 7 nitrogen and oxygen atoms in total. The van der Waals surface area contributed by atoms with E-state index < -0.39 is 11.9 Å². The van der Waals surface area contributed by atoms with Crippen molar-refractivity contribution in [2.24, 2.45) is 4.99 Å². The predicted octanol–water partition coefficient (Wildman–Crippen LogP) is 4.02. The molecule has 0 saturated carbocycles. The van der Waals surface area contributed by atoms with Crippen molar-refractivity contribution in [3.63, 3.8) is 0 Å². The molecular weight excluding hydrogens is 398 g/mol. The molecule has 0 atom stereocenters. The molecule has 2 aromatic rings. The number of methoxy groups -OCH3 is 2. The first-order valence-electron chi connectivity index (χ1n) is 8.70. The lowest BCUT2D eigenvalue weighted by atomic mass is 10.1. The molecule has 29 heavy (non-hydrogen) atoms. The van der Waals surface area contributed by atoms with Crippen LogP contribution in [0.15, 0.2) is 47.1 Å². The van der Waals surface area contributed by atoms with Crippen molar-refractivity contribution in [2.45, 2.75) is 13.3 Å². The Labute approximate surface area is 172 Å². The van der Waals surface area contributed by atoms with Crippen LogP contribution in [0.3, 0.4) is 0 Å². The molecule has 0 unspecified atom stereocenters. The van der Waals surface area contributed by atoms with Gasteiger partial charge in [-0.05, 0) is 48.0 Å². The molecule has 0 radical (unpaired) electrons. The number of esters is 2. The van der Waals surface area contributed by atoms with Crippen LogP contribution in [0.4, 0.5) is 0 Å². The number of hydrogen-bond acceptors (Lipinski definition) is 7. The van der Waals surface area contributed by atoms with Crippen LogP contribution in [0.1, 0.15) is 24.5 Å². The number of rotatable bonds is 6. The summed E-state index contributed by atoms with van der Waals surface area (Å²) in [5.41, 5.74) is 1.29. The molecule has 3 rings (SSSR count). The largest absolute Gasteiger partial charge is 0.493 e. The number of cyclic esters (lactones) is 1. The molecule has 150 valence electrons. The first-order chi connectivity index (χ1) is 13.9. The minimum absolute atomic E-state index is 0.109. The number of hydrogen-bond donors (Lipinski definition) is 0. The molecule has 1 aliphatic rings. The molecule has 0 aliphatic carbocycles. The highest BCUT2D eigenvalue weighted by molar-refractivity contribution is 6.30. The molecule has 0 bridgehead atoms. The maximum atomic E-state index is 12.2. The van der Waals surface area contributed by atoms with Crippen LogP contribution < -0.4 is 14.2 Å². The number of halogens is 1. The van der Waals surface area contributed by atoms with Gasteiger partial charge in [-0.3, -0.25) is 4.79 Å². The summed E-state index contributed by atoms with van der Waals surface area (Å²) in [4.78, 5) is 28.2. The number of carbonyl (C=O) groups excluding carboxylic acids is 2. The van der Waals surface area contributed by atoms with Crippen molar-refractivity contribution in [1.82, 2.24) is 0 Å². The Balaban J connectivity index is 1.97. The van der Waals surface area contributed by atoms with E-state index >= 15 is 0 Å². The van der Waals surface area contributed by atoms with E-state index in [0.29, 0.717) is 16.1 Å². The number of ether oxygens (including phenoxy) is 4. The van der Waals surface area contributed by atoms with E-state index in [1.807, 2.05) is 0 Å². The molecule has 0 fully saturated rings. The van der Waals surface area contributed by atoms with E-state index in [0.717, 1.165) is 0 Å². The van der Waals surface area contributed by atoms with Gasteiger partial charge >= 0.3 is 11.9 Å². The van der Waals surface area contributed by atoms with E-state index in [4.69, 9.17) is 30.5 Å². The average Bonchev–Trinajstić information content (AvgIpc) is 3.09. The summed E-state index contributed by atoms with van der Waals surface area (Å²) in [6.07, 6.45) is 1.73. The summed E-state index contributed by atoms with van der Waals surface area (Å²) < 4.78 is 21.2. The van der Waals surface area contributed by atoms with Crippen molar-refractivity contribution in [2.75, 3.05) is 14.2 Å². The summed E-state index contributed by atoms with van der Waals surface area (Å²) in [5, 5.41) is 0.567. The van der Waals surface area contributed by atoms with Crippen LogP contribution in [0.25, 0.3) is 6.08 Å². The van der Waals surface area contributed by atoms with Gasteiger partial charge in [0.1, 0.15) is 0 Å². The Hall–Kier alpha value is -3.32. The quantitative estimate of drug-likeness (QED) is 0.402. The summed E-state index contributed by atoms with van der Waals surface area (Å²) in [6.45, 7) is 1.68. The summed E-state index contributed by atoms with van der Waals surface area (Å²) in [6, 6.07) is 10.00. The average molecular weight is 416 g/mol. The van der Waals surface area contributed by atoms with E-state index in [-0.39, 0.29) is 35.3 Å². The molecule has 0 saturated heterocycles. The Morgan fingerprint density at radius 1 is 1.14 bits per heavy atom. The van der Waals surface area contributed by atoms with Gasteiger partial charge in [-0.25, -0.2) is 9.79 Å². The lowest BCUT2D eigenvalue weighted by molar-refractivity contribution is -0.134. The second-order valence-electron chi connectivity index (χ2n) is 5.93. The fourth-order valence-electron chi connectivity index (χ4n) is 2.55. The van der Waals surface area contributed by atoms with Gasteiger partial charge in [0.25, 0.3) is 0 Å². The van der Waals surface area contributed by atoms with Crippen molar-refractivity contribution in [3.05, 3.63) is 58.2 Å². The lowest BCUT2D eigenvalue weighted by Gasteiger charge is -2.13. The molecule has 0 aromatic heterocycles. The first-order valence-corrected chi connectivity index (χ1v) is 9.08. The molecule has 0 spiro atoms. The summed E-state index contributed by atoms with van der Waals surface area (Å²) in [7, 11) is 2.88. The molecule has 8 heteroatoms. The highest BCUT2D eigenvalue weighted by Gasteiger charge is 2.25. The number of aliphatic imine (C=N–C) groups is 1. The van der Waals surface area contributed by atoms with Gasteiger partial charge in [0.2, 0.25) is 11.6 Å². The van der Waals surface area contributed by atoms with Gasteiger partial charge in [0.15, 0.2) is 17.2 Å². The molecule has 0 N–H and O–H groups in total. The number of nitrogens with zero attached hydrogens (tertiary/aromatic N) is 1. The summed E-state index contributed by atoms with van der Waals surface area (Å²) in [5.74, 6) is -0.0927. The third kappa shape index (κ3) is 4.57. The molecule has 0 amide bonds. The third-order valence-corrected chi connectivity index (χ3v) is 4.25. The maximum Gasteiger partial charge on any atom is 0.363 e. The van der Waals surface area contributed by atoms with Crippen molar-refractivity contribution in [1.29, 1.82) is 0 Å². The lowest BCUT2D eigenvalue weighted by Crippen LogP contribution is -2.08. The van der Waals surface area contributed by atoms with Gasteiger partial charge in [-0.15, -0.1) is 0 Å². The summed E-state index contributed by atoms with van der Waals surface area (Å²) >= 11 is 5.88. The Morgan fingerprint density at radius 2 is 1.76 bits per heavy atom. The van der Waals surface area contributed by atoms with Crippen LogP contribution in [-0.2, 0) is 14.3 Å². The van der Waals surface area contributed by atoms with E-state index in [2.05, 4.69) is 4.99 Å². The van der Waals surface area contributed by atoms with E-state index in [9.17, 15) is 9.59 Å². The van der Waals surface area contributed by atoms with Crippen LogP contribution in [0.2, 0.25) is 5.02 Å². The normalized spacial score (nSPS) is 14.4.